The van der Waals surface area contributed by atoms with Gasteiger partial charge in [0.25, 0.3) is 5.56 Å². The highest BCUT2D eigenvalue weighted by Crippen LogP contribution is 2.41. The molecule has 0 radical (unpaired) electrons. The number of benzene rings is 2. The molecule has 0 saturated heterocycles. The van der Waals surface area contributed by atoms with Crippen molar-refractivity contribution >= 4 is 5.97 Å². The van der Waals surface area contributed by atoms with Crippen LogP contribution >= 0.6 is 0 Å². The molecular weight excluding hydrogens is 404 g/mol. The van der Waals surface area contributed by atoms with Crippen molar-refractivity contribution in [1.82, 2.24) is 9.55 Å². The van der Waals surface area contributed by atoms with Crippen LogP contribution < -0.4 is 20.7 Å². The Morgan fingerprint density at radius 3 is 2.39 bits per heavy atom. The van der Waals surface area contributed by atoms with Crippen molar-refractivity contribution in [2.45, 2.75) is 19.4 Å². The molecule has 0 aliphatic carbocycles. The second kappa shape index (κ2) is 7.67. The number of hydrogen-bond acceptors (Lipinski definition) is 7. The standard InChI is InChI=1S/C22H20N2O7/c1-4-13-15(25)10-9-14-16(13)21(27)31-18(14)17-19(26)23-22(28)24(20(17)30-3)11-5-7-12(29-2)8-6-11/h5-10,18,25H,4H2,1-3H3,(H,23,26,28). The van der Waals surface area contributed by atoms with E-state index in [4.69, 9.17) is 14.2 Å². The van der Waals surface area contributed by atoms with E-state index in [1.165, 1.54) is 30.9 Å². The molecule has 9 heteroatoms. The van der Waals surface area contributed by atoms with Crippen molar-refractivity contribution in [2.24, 2.45) is 0 Å². The molecule has 2 heterocycles. The normalized spacial score (nSPS) is 14.8. The van der Waals surface area contributed by atoms with E-state index in [0.717, 1.165) is 0 Å². The first kappa shape index (κ1) is 20.3. The number of phenolic OH excluding ortho intramolecular Hbond substituents is 1. The average molecular weight is 424 g/mol. The molecule has 1 aliphatic heterocycles. The molecule has 1 aromatic heterocycles. The summed E-state index contributed by atoms with van der Waals surface area (Å²) in [5.41, 5.74) is 0.0227. The Morgan fingerprint density at radius 1 is 1.06 bits per heavy atom. The lowest BCUT2D eigenvalue weighted by Crippen LogP contribution is -2.34. The number of H-pyrrole nitrogens is 1. The van der Waals surface area contributed by atoms with Gasteiger partial charge < -0.3 is 19.3 Å². The summed E-state index contributed by atoms with van der Waals surface area (Å²) < 4.78 is 17.3. The highest BCUT2D eigenvalue weighted by Gasteiger charge is 2.39. The number of fused-ring (bicyclic) bond motifs is 1. The topological polar surface area (TPSA) is 120 Å². The molecule has 2 N–H and O–H groups in total. The fourth-order valence-electron chi connectivity index (χ4n) is 3.84. The van der Waals surface area contributed by atoms with E-state index in [1.54, 1.807) is 31.2 Å². The number of aromatic hydroxyl groups is 1. The van der Waals surface area contributed by atoms with E-state index in [2.05, 4.69) is 4.98 Å². The molecule has 9 nitrogen and oxygen atoms in total. The first-order chi connectivity index (χ1) is 14.9. The number of phenols is 1. The Hall–Kier alpha value is -4.01. The van der Waals surface area contributed by atoms with Gasteiger partial charge in [-0.25, -0.2) is 14.2 Å². The monoisotopic (exact) mass is 424 g/mol. The third-order valence-electron chi connectivity index (χ3n) is 5.27. The summed E-state index contributed by atoms with van der Waals surface area (Å²) >= 11 is 0. The summed E-state index contributed by atoms with van der Waals surface area (Å²) in [6.07, 6.45) is -0.701. The molecule has 2 aromatic carbocycles. The molecule has 0 fully saturated rings. The Morgan fingerprint density at radius 2 is 1.77 bits per heavy atom. The maximum Gasteiger partial charge on any atom is 0.339 e. The first-order valence-corrected chi connectivity index (χ1v) is 9.54. The van der Waals surface area contributed by atoms with Crippen molar-refractivity contribution < 1.29 is 24.1 Å². The number of aromatic nitrogens is 2. The lowest BCUT2D eigenvalue weighted by atomic mass is 9.95. The molecule has 3 aromatic rings. The number of aromatic amines is 1. The quantitative estimate of drug-likeness (QED) is 0.602. The second-order valence-corrected chi connectivity index (χ2v) is 6.88. The lowest BCUT2D eigenvalue weighted by Gasteiger charge is -2.18. The molecular formula is C22H20N2O7. The van der Waals surface area contributed by atoms with Crippen LogP contribution in [-0.2, 0) is 11.2 Å². The minimum Gasteiger partial charge on any atom is -0.508 e. The molecule has 1 atom stereocenters. The largest absolute Gasteiger partial charge is 0.508 e. The van der Waals surface area contributed by atoms with Crippen LogP contribution in [0.15, 0.2) is 46.0 Å². The van der Waals surface area contributed by atoms with Gasteiger partial charge in [-0.2, -0.15) is 0 Å². The summed E-state index contributed by atoms with van der Waals surface area (Å²) in [4.78, 5) is 40.4. The Balaban J connectivity index is 1.97. The summed E-state index contributed by atoms with van der Waals surface area (Å²) in [5, 5.41) is 10.1. The van der Waals surface area contributed by atoms with Gasteiger partial charge in [-0.3, -0.25) is 9.78 Å². The number of nitrogens with zero attached hydrogens (tertiary/aromatic N) is 1. The number of carbonyl (C=O) groups excluding carboxylic acids is 1. The predicted octanol–water partition coefficient (Wildman–Crippen LogP) is 2.07. The van der Waals surface area contributed by atoms with Gasteiger partial charge in [0.2, 0.25) is 5.88 Å². The van der Waals surface area contributed by atoms with Gasteiger partial charge in [0.1, 0.15) is 17.1 Å². The van der Waals surface area contributed by atoms with E-state index in [-0.39, 0.29) is 22.8 Å². The summed E-state index contributed by atoms with van der Waals surface area (Å²) in [6, 6.07) is 9.56. The Labute approximate surface area is 176 Å². The number of ether oxygens (including phenoxy) is 3. The van der Waals surface area contributed by atoms with Crippen LogP contribution in [0.4, 0.5) is 0 Å². The van der Waals surface area contributed by atoms with Gasteiger partial charge >= 0.3 is 11.7 Å². The number of hydrogen-bond donors (Lipinski definition) is 2. The Bertz CT molecular complexity index is 1290. The smallest absolute Gasteiger partial charge is 0.339 e. The van der Waals surface area contributed by atoms with Gasteiger partial charge in [0, 0.05) is 11.1 Å². The van der Waals surface area contributed by atoms with Crippen molar-refractivity contribution in [1.29, 1.82) is 0 Å². The van der Waals surface area contributed by atoms with Gasteiger partial charge in [-0.1, -0.05) is 13.0 Å². The number of carbonyl (C=O) groups is 1. The van der Waals surface area contributed by atoms with Crippen LogP contribution in [0.5, 0.6) is 17.4 Å². The van der Waals surface area contributed by atoms with E-state index in [9.17, 15) is 19.5 Å². The fraction of sp³-hybridized carbons (Fsp3) is 0.227. The van der Waals surface area contributed by atoms with Crippen LogP contribution in [0.2, 0.25) is 0 Å². The summed E-state index contributed by atoms with van der Waals surface area (Å²) in [6.45, 7) is 1.80. The Kier molecular flexibility index (Phi) is 5.02. The molecule has 0 saturated carbocycles. The molecule has 4 rings (SSSR count). The van der Waals surface area contributed by atoms with Crippen LogP contribution in [0.3, 0.4) is 0 Å². The number of methoxy groups -OCH3 is 2. The van der Waals surface area contributed by atoms with Gasteiger partial charge in [0.05, 0.1) is 25.5 Å². The van der Waals surface area contributed by atoms with Crippen LogP contribution in [0.1, 0.15) is 40.1 Å². The predicted molar refractivity (Wildman–Crippen MR) is 111 cm³/mol. The minimum absolute atomic E-state index is 0.0251. The van der Waals surface area contributed by atoms with E-state index < -0.39 is 23.3 Å². The number of nitrogens with one attached hydrogen (secondary N) is 1. The first-order valence-electron chi connectivity index (χ1n) is 9.54. The zero-order chi connectivity index (χ0) is 22.3. The van der Waals surface area contributed by atoms with Crippen LogP contribution in [0.25, 0.3) is 5.69 Å². The molecule has 0 bridgehead atoms. The summed E-state index contributed by atoms with van der Waals surface area (Å²) in [5.74, 6) is -0.152. The van der Waals surface area contributed by atoms with Crippen molar-refractivity contribution in [3.8, 4) is 23.1 Å². The second-order valence-electron chi connectivity index (χ2n) is 6.88. The molecule has 0 spiro atoms. The van der Waals surface area contributed by atoms with Gasteiger partial charge in [-0.15, -0.1) is 0 Å². The van der Waals surface area contributed by atoms with Gasteiger partial charge in [0.15, 0.2) is 6.10 Å². The average Bonchev–Trinajstić information content (AvgIpc) is 3.09. The van der Waals surface area contributed by atoms with Crippen LogP contribution in [-0.4, -0.2) is 34.8 Å². The molecule has 31 heavy (non-hydrogen) atoms. The number of esters is 1. The van der Waals surface area contributed by atoms with E-state index in [1.807, 2.05) is 0 Å². The zero-order valence-corrected chi connectivity index (χ0v) is 17.1. The summed E-state index contributed by atoms with van der Waals surface area (Å²) in [7, 11) is 2.85. The molecule has 1 aliphatic rings. The highest BCUT2D eigenvalue weighted by molar-refractivity contribution is 5.97. The molecule has 1 unspecified atom stereocenters. The molecule has 0 amide bonds. The molecule has 160 valence electrons. The van der Waals surface area contributed by atoms with E-state index >= 15 is 0 Å². The van der Waals surface area contributed by atoms with Gasteiger partial charge in [-0.05, 0) is 36.8 Å². The van der Waals surface area contributed by atoms with Crippen LogP contribution in [0, 0.1) is 0 Å². The number of cyclic esters (lactones) is 1. The maximum atomic E-state index is 12.8. The minimum atomic E-state index is -1.10. The zero-order valence-electron chi connectivity index (χ0n) is 17.1. The third kappa shape index (κ3) is 3.14. The fourth-order valence-corrected chi connectivity index (χ4v) is 3.84. The highest BCUT2D eigenvalue weighted by atomic mass is 16.6. The third-order valence-corrected chi connectivity index (χ3v) is 5.27. The van der Waals surface area contributed by atoms with Crippen molar-refractivity contribution in [3.63, 3.8) is 0 Å². The maximum absolute atomic E-state index is 12.8. The van der Waals surface area contributed by atoms with Crippen molar-refractivity contribution in [3.05, 3.63) is 79.5 Å². The van der Waals surface area contributed by atoms with E-state index in [0.29, 0.717) is 29.0 Å². The SMILES string of the molecule is CCc1c(O)ccc2c1C(=O)OC2c1c(OC)n(-c2ccc(OC)cc2)c(=O)[nH]c1=O. The number of rotatable bonds is 5. The lowest BCUT2D eigenvalue weighted by molar-refractivity contribution is 0.0448. The van der Waals surface area contributed by atoms with Crippen molar-refractivity contribution in [2.75, 3.05) is 14.2 Å².